The molecule has 24 heavy (non-hydrogen) atoms. The van der Waals surface area contributed by atoms with Gasteiger partial charge in [-0.3, -0.25) is 0 Å². The summed E-state index contributed by atoms with van der Waals surface area (Å²) in [5.74, 6) is 0. The normalized spacial score (nSPS) is 18.0. The molecule has 1 aliphatic heterocycles. The third-order valence-corrected chi connectivity index (χ3v) is 6.94. The molecule has 0 saturated heterocycles. The first kappa shape index (κ1) is 19.0. The highest BCUT2D eigenvalue weighted by atomic mass is 28.3. The molecule has 0 aliphatic carbocycles. The Hall–Kier alpha value is -1.28. The first-order valence-corrected chi connectivity index (χ1v) is 12.5. The first-order valence-electron chi connectivity index (χ1n) is 9.66. The van der Waals surface area contributed by atoms with Gasteiger partial charge in [0.05, 0.1) is 14.8 Å². The Bertz CT molecular complexity index is 612. The maximum Gasteiger partial charge on any atom is 0.0726 e. The van der Waals surface area contributed by atoms with Gasteiger partial charge in [-0.05, 0) is 54.8 Å². The summed E-state index contributed by atoms with van der Waals surface area (Å²) in [5.41, 5.74) is 5.85. The summed E-state index contributed by atoms with van der Waals surface area (Å²) in [5, 5.41) is 1.66. The van der Waals surface area contributed by atoms with Gasteiger partial charge >= 0.3 is 0 Å². The summed E-state index contributed by atoms with van der Waals surface area (Å²) in [4.78, 5) is 2.43. The van der Waals surface area contributed by atoms with Crippen LogP contribution in [-0.4, -0.2) is 20.7 Å². The zero-order valence-corrected chi connectivity index (χ0v) is 17.7. The summed E-state index contributed by atoms with van der Waals surface area (Å²) in [6.45, 7) is 11.6. The fourth-order valence-electron chi connectivity index (χ4n) is 3.74. The number of rotatable bonds is 7. The van der Waals surface area contributed by atoms with Crippen molar-refractivity contribution in [1.29, 1.82) is 0 Å². The predicted octanol–water partition coefficient (Wildman–Crippen LogP) is 6.10. The van der Waals surface area contributed by atoms with E-state index in [1.165, 1.54) is 48.8 Å². The lowest BCUT2D eigenvalue weighted by molar-refractivity contribution is 0.383. The van der Waals surface area contributed by atoms with Crippen molar-refractivity contribution >= 4 is 8.80 Å². The van der Waals surface area contributed by atoms with Gasteiger partial charge in [-0.1, -0.05) is 69.1 Å². The summed E-state index contributed by atoms with van der Waals surface area (Å²) in [6, 6.07) is 7.28. The molecule has 0 radical (unpaired) electrons. The van der Waals surface area contributed by atoms with E-state index in [-0.39, 0.29) is 0 Å². The Balaban J connectivity index is 2.27. The number of unbranched alkanes of at least 4 members (excludes halogenated alkanes) is 3. The van der Waals surface area contributed by atoms with Crippen molar-refractivity contribution in [2.24, 2.45) is 0 Å². The van der Waals surface area contributed by atoms with E-state index >= 15 is 0 Å². The molecule has 0 fully saturated rings. The lowest BCUT2D eigenvalue weighted by Gasteiger charge is -2.34. The molecule has 1 aromatic carbocycles. The summed E-state index contributed by atoms with van der Waals surface area (Å²) < 4.78 is 0. The molecule has 0 bridgehead atoms. The molecular weight excluding hydrogens is 306 g/mol. The van der Waals surface area contributed by atoms with Crippen LogP contribution >= 0.6 is 0 Å². The average Bonchev–Trinajstić information content (AvgIpc) is 2.52. The fraction of sp³-hybridized carbons (Fsp3) is 0.545. The molecule has 2 heteroatoms. The lowest BCUT2D eigenvalue weighted by Crippen LogP contribution is -2.26. The van der Waals surface area contributed by atoms with Gasteiger partial charge in [-0.25, -0.2) is 0 Å². The van der Waals surface area contributed by atoms with Crippen LogP contribution in [0, 0.1) is 13.8 Å². The smallest absolute Gasteiger partial charge is 0.0726 e. The van der Waals surface area contributed by atoms with E-state index in [0.29, 0.717) is 6.04 Å². The number of hydrogen-bond acceptors (Lipinski definition) is 1. The number of nitrogens with zero attached hydrogens (tertiary/aromatic N) is 1. The minimum atomic E-state index is -0.797. The second-order valence-corrected chi connectivity index (χ2v) is 10.6. The van der Waals surface area contributed by atoms with Crippen molar-refractivity contribution in [3.8, 4) is 0 Å². The van der Waals surface area contributed by atoms with Crippen molar-refractivity contribution in [3.05, 3.63) is 57.9 Å². The molecule has 1 aromatic rings. The van der Waals surface area contributed by atoms with Crippen LogP contribution in [0.15, 0.2) is 41.2 Å². The summed E-state index contributed by atoms with van der Waals surface area (Å²) in [6.07, 6.45) is 11.7. The Kier molecular flexibility index (Phi) is 6.91. The van der Waals surface area contributed by atoms with E-state index in [9.17, 15) is 0 Å². The van der Waals surface area contributed by atoms with Crippen LogP contribution in [0.1, 0.15) is 61.8 Å². The fourth-order valence-corrected chi connectivity index (χ4v) is 5.26. The Morgan fingerprint density at radius 1 is 1.08 bits per heavy atom. The zero-order valence-electron chi connectivity index (χ0n) is 16.5. The van der Waals surface area contributed by atoms with Gasteiger partial charge in [-0.2, -0.15) is 0 Å². The van der Waals surface area contributed by atoms with Crippen LogP contribution in [0.25, 0.3) is 0 Å². The molecular formula is C22H35NSi. The van der Waals surface area contributed by atoms with Gasteiger partial charge in [-0.15, -0.1) is 0 Å². The van der Waals surface area contributed by atoms with E-state index in [1.807, 2.05) is 0 Å². The van der Waals surface area contributed by atoms with E-state index in [4.69, 9.17) is 0 Å². The van der Waals surface area contributed by atoms with Gasteiger partial charge in [0.15, 0.2) is 0 Å². The van der Waals surface area contributed by atoms with Crippen molar-refractivity contribution in [2.75, 3.05) is 7.05 Å². The summed E-state index contributed by atoms with van der Waals surface area (Å²) in [7, 11) is 1.44. The minimum Gasteiger partial charge on any atom is -0.370 e. The highest BCUT2D eigenvalue weighted by Gasteiger charge is 2.23. The second-order valence-electron chi connectivity index (χ2n) is 7.71. The van der Waals surface area contributed by atoms with Crippen LogP contribution in [0.3, 0.4) is 0 Å². The molecule has 1 heterocycles. The van der Waals surface area contributed by atoms with E-state index < -0.39 is 8.80 Å². The molecule has 1 unspecified atom stereocenters. The molecule has 0 spiro atoms. The third-order valence-electron chi connectivity index (χ3n) is 5.18. The van der Waals surface area contributed by atoms with E-state index in [1.54, 1.807) is 10.8 Å². The minimum absolute atomic E-state index is 0.392. The number of aryl methyl sites for hydroxylation is 2. The molecule has 2 rings (SSSR count). The Labute approximate surface area is 151 Å². The van der Waals surface area contributed by atoms with Crippen LogP contribution in [-0.2, 0) is 0 Å². The van der Waals surface area contributed by atoms with Gasteiger partial charge in [0.2, 0.25) is 0 Å². The highest BCUT2D eigenvalue weighted by molar-refractivity contribution is 6.65. The quantitative estimate of drug-likeness (QED) is 0.428. The van der Waals surface area contributed by atoms with Crippen LogP contribution in [0.2, 0.25) is 13.1 Å². The van der Waals surface area contributed by atoms with Gasteiger partial charge < -0.3 is 4.90 Å². The zero-order chi connectivity index (χ0) is 17.7. The molecule has 132 valence electrons. The molecule has 0 N–H and O–H groups in total. The molecule has 1 nitrogen and oxygen atoms in total. The standard InChI is InChI=1S/C22H35NSi/c1-7-8-9-10-11-19-15-21(23(4)16-22(19)24(5)6)20-13-12-17(2)14-18(20)3/h12-16,21,24H,7-11H2,1-6H3. The van der Waals surface area contributed by atoms with E-state index in [2.05, 4.69) is 76.3 Å². The largest absolute Gasteiger partial charge is 0.370 e. The predicted molar refractivity (Wildman–Crippen MR) is 110 cm³/mol. The van der Waals surface area contributed by atoms with Gasteiger partial charge in [0, 0.05) is 7.05 Å². The van der Waals surface area contributed by atoms with Crippen molar-refractivity contribution in [1.82, 2.24) is 4.90 Å². The summed E-state index contributed by atoms with van der Waals surface area (Å²) >= 11 is 0. The SMILES string of the molecule is CCCCCCC1=CC(c2ccc(C)cc2C)N(C)C=C1[SiH](C)C. The highest BCUT2D eigenvalue weighted by Crippen LogP contribution is 2.35. The van der Waals surface area contributed by atoms with Crippen molar-refractivity contribution in [2.45, 2.75) is 72.0 Å². The molecule has 0 saturated carbocycles. The van der Waals surface area contributed by atoms with E-state index in [0.717, 1.165) is 0 Å². The number of benzene rings is 1. The lowest BCUT2D eigenvalue weighted by atomic mass is 9.93. The molecule has 1 atom stereocenters. The average molecular weight is 342 g/mol. The van der Waals surface area contributed by atoms with Gasteiger partial charge in [0.25, 0.3) is 0 Å². The topological polar surface area (TPSA) is 3.24 Å². The first-order chi connectivity index (χ1) is 11.4. The maximum absolute atomic E-state index is 2.56. The van der Waals surface area contributed by atoms with Crippen molar-refractivity contribution < 1.29 is 0 Å². The molecule has 0 amide bonds. The third kappa shape index (κ3) is 4.63. The maximum atomic E-state index is 2.56. The number of hydrogen-bond donors (Lipinski definition) is 0. The second kappa shape index (κ2) is 8.71. The Morgan fingerprint density at radius 3 is 2.46 bits per heavy atom. The van der Waals surface area contributed by atoms with Gasteiger partial charge in [0.1, 0.15) is 0 Å². The Morgan fingerprint density at radius 2 is 1.83 bits per heavy atom. The van der Waals surface area contributed by atoms with Crippen LogP contribution in [0.5, 0.6) is 0 Å². The van der Waals surface area contributed by atoms with Crippen LogP contribution < -0.4 is 0 Å². The van der Waals surface area contributed by atoms with Crippen LogP contribution in [0.4, 0.5) is 0 Å². The van der Waals surface area contributed by atoms with Crippen molar-refractivity contribution in [3.63, 3.8) is 0 Å². The molecule has 1 aliphatic rings. The number of allylic oxidation sites excluding steroid dienone is 2. The molecule has 0 aromatic heterocycles. The monoisotopic (exact) mass is 341 g/mol. The number of likely N-dealkylation sites (N-methyl/N-ethyl adjacent to an activating group) is 1.